The third-order valence-corrected chi connectivity index (χ3v) is 9.16. The highest BCUT2D eigenvalue weighted by atomic mass is 32.1. The quantitative estimate of drug-likeness (QED) is 0.201. The van der Waals surface area contributed by atoms with Crippen LogP contribution in [0.1, 0.15) is 83.6 Å². The van der Waals surface area contributed by atoms with Gasteiger partial charge in [0.05, 0.1) is 22.2 Å². The predicted molar refractivity (Wildman–Crippen MR) is 170 cm³/mol. The summed E-state index contributed by atoms with van der Waals surface area (Å²) in [6, 6.07) is 3.77. The molecular weight excluding hydrogens is 564 g/mol. The van der Waals surface area contributed by atoms with Gasteiger partial charge in [-0.15, -0.1) is 0 Å². The maximum absolute atomic E-state index is 12.6. The maximum atomic E-state index is 12.6. The molecule has 0 radical (unpaired) electrons. The molecule has 5 rings (SSSR count). The van der Waals surface area contributed by atoms with Gasteiger partial charge in [-0.3, -0.25) is 15.1 Å². The Labute approximate surface area is 256 Å². The van der Waals surface area contributed by atoms with Gasteiger partial charge in [-0.1, -0.05) is 41.5 Å². The molecule has 2 aromatic heterocycles. The van der Waals surface area contributed by atoms with Crippen LogP contribution in [0.4, 0.5) is 9.93 Å². The molecule has 3 heterocycles. The van der Waals surface area contributed by atoms with Crippen LogP contribution < -0.4 is 10.6 Å². The first-order chi connectivity index (χ1) is 20.8. The molecule has 2 amide bonds. The Hall–Kier alpha value is -3.86. The van der Waals surface area contributed by atoms with Gasteiger partial charge in [0, 0.05) is 30.9 Å². The SMILES string of the molecule is CCNC(=O)Nc1nc2cc(C3=CCCC=C(CC4CCCC(C)(C(=O)OCC)CC4)N=C3)cc(-c3noc(C)n3)c2s1. The van der Waals surface area contributed by atoms with Crippen LogP contribution in [0, 0.1) is 18.3 Å². The number of aliphatic imine (C=N–C) groups is 1. The molecule has 3 aromatic rings. The van der Waals surface area contributed by atoms with E-state index in [1.165, 1.54) is 11.3 Å². The Bertz CT molecular complexity index is 1570. The Morgan fingerprint density at radius 3 is 2.74 bits per heavy atom. The summed E-state index contributed by atoms with van der Waals surface area (Å²) in [5.41, 5.74) is 4.17. The lowest BCUT2D eigenvalue weighted by molar-refractivity contribution is -0.155. The van der Waals surface area contributed by atoms with Crippen molar-refractivity contribution in [3.8, 4) is 11.4 Å². The van der Waals surface area contributed by atoms with Gasteiger partial charge in [0.25, 0.3) is 0 Å². The van der Waals surface area contributed by atoms with Gasteiger partial charge in [-0.2, -0.15) is 4.98 Å². The van der Waals surface area contributed by atoms with E-state index in [4.69, 9.17) is 19.2 Å². The fourth-order valence-corrected chi connectivity index (χ4v) is 6.74. The average Bonchev–Trinajstić information content (AvgIpc) is 3.52. The fourth-order valence-electron chi connectivity index (χ4n) is 5.79. The summed E-state index contributed by atoms with van der Waals surface area (Å²) in [5, 5.41) is 10.2. The van der Waals surface area contributed by atoms with Crippen LogP contribution in [0.15, 0.2) is 39.5 Å². The molecule has 2 unspecified atom stereocenters. The second-order valence-corrected chi connectivity index (χ2v) is 12.5. The van der Waals surface area contributed by atoms with Gasteiger partial charge in [-0.25, -0.2) is 9.78 Å². The van der Waals surface area contributed by atoms with Crippen LogP contribution in [0.3, 0.4) is 0 Å². The molecule has 0 spiro atoms. The lowest BCUT2D eigenvalue weighted by Gasteiger charge is -2.25. The summed E-state index contributed by atoms with van der Waals surface area (Å²) in [7, 11) is 0. The topological polar surface area (TPSA) is 132 Å². The van der Waals surface area contributed by atoms with Crippen LogP contribution in [0.5, 0.6) is 0 Å². The minimum atomic E-state index is -0.391. The number of aryl methyl sites for hydroxylation is 1. The molecule has 2 N–H and O–H groups in total. The summed E-state index contributed by atoms with van der Waals surface area (Å²) in [5.74, 6) is 1.38. The molecule has 10 nitrogen and oxygen atoms in total. The summed E-state index contributed by atoms with van der Waals surface area (Å²) in [4.78, 5) is 38.9. The minimum absolute atomic E-state index is 0.0619. The van der Waals surface area contributed by atoms with Crippen molar-refractivity contribution < 1.29 is 18.8 Å². The molecule has 43 heavy (non-hydrogen) atoms. The van der Waals surface area contributed by atoms with Crippen molar-refractivity contribution in [2.24, 2.45) is 16.3 Å². The standard InChI is InChI=1S/C32H40N6O4S/c1-5-33-30(40)37-31-36-26-18-23(17-25(27(26)43-31)28-35-20(3)42-38-28)22-11-7-8-12-24(34-19-22)16-21-10-9-14-32(4,15-13-21)29(39)41-6-2/h11-12,17-19,21H,5-10,13-16H2,1-4H3,(H2,33,36,37,40). The summed E-state index contributed by atoms with van der Waals surface area (Å²) in [6.45, 7) is 8.49. The van der Waals surface area contributed by atoms with E-state index in [9.17, 15) is 9.59 Å². The van der Waals surface area contributed by atoms with Gasteiger partial charge < -0.3 is 14.6 Å². The summed E-state index contributed by atoms with van der Waals surface area (Å²) >= 11 is 1.37. The Balaban J connectivity index is 1.37. The van der Waals surface area contributed by atoms with E-state index >= 15 is 0 Å². The molecule has 0 bridgehead atoms. The van der Waals surface area contributed by atoms with Crippen LogP contribution in [0.25, 0.3) is 27.2 Å². The van der Waals surface area contributed by atoms with Crippen molar-refractivity contribution in [1.29, 1.82) is 0 Å². The van der Waals surface area contributed by atoms with Crippen molar-refractivity contribution in [2.75, 3.05) is 18.5 Å². The van der Waals surface area contributed by atoms with Crippen molar-refractivity contribution >= 4 is 50.5 Å². The van der Waals surface area contributed by atoms with E-state index in [1.54, 1.807) is 6.92 Å². The van der Waals surface area contributed by atoms with Crippen molar-refractivity contribution in [3.05, 3.63) is 41.4 Å². The number of nitrogens with one attached hydrogen (secondary N) is 2. The van der Waals surface area contributed by atoms with Gasteiger partial charge in [0.1, 0.15) is 0 Å². The number of carbonyl (C=O) groups excluding carboxylic acids is 2. The van der Waals surface area contributed by atoms with Gasteiger partial charge in [-0.05, 0) is 88.5 Å². The number of nitrogens with zero attached hydrogens (tertiary/aromatic N) is 4. The van der Waals surface area contributed by atoms with Crippen LogP contribution in [-0.2, 0) is 9.53 Å². The van der Waals surface area contributed by atoms with E-state index in [1.807, 2.05) is 32.2 Å². The number of benzene rings is 1. The molecule has 1 aliphatic heterocycles. The number of aromatic nitrogens is 3. The number of urea groups is 1. The average molecular weight is 605 g/mol. The van der Waals surface area contributed by atoms with E-state index in [0.717, 1.165) is 84.0 Å². The normalized spacial score (nSPS) is 20.9. The third-order valence-electron chi connectivity index (χ3n) is 8.14. The number of amides is 2. The number of ether oxygens (including phenoxy) is 1. The number of fused-ring (bicyclic) bond motifs is 1. The first kappa shape index (κ1) is 30.6. The zero-order valence-corrected chi connectivity index (χ0v) is 26.2. The first-order valence-corrected chi connectivity index (χ1v) is 16.0. The molecule has 228 valence electrons. The third kappa shape index (κ3) is 7.38. The number of anilines is 1. The smallest absolute Gasteiger partial charge is 0.321 e. The highest BCUT2D eigenvalue weighted by Gasteiger charge is 2.37. The van der Waals surface area contributed by atoms with E-state index in [2.05, 4.69) is 39.8 Å². The highest BCUT2D eigenvalue weighted by molar-refractivity contribution is 7.22. The second kappa shape index (κ2) is 13.6. The van der Waals surface area contributed by atoms with E-state index in [0.29, 0.717) is 35.9 Å². The van der Waals surface area contributed by atoms with Crippen molar-refractivity contribution in [2.45, 2.75) is 79.1 Å². The Morgan fingerprint density at radius 2 is 1.98 bits per heavy atom. The minimum Gasteiger partial charge on any atom is -0.466 e. The molecule has 1 saturated carbocycles. The molecule has 1 fully saturated rings. The lowest BCUT2D eigenvalue weighted by atomic mass is 9.82. The Kier molecular flexibility index (Phi) is 9.69. The van der Waals surface area contributed by atoms with Crippen LogP contribution >= 0.6 is 11.3 Å². The van der Waals surface area contributed by atoms with Crippen LogP contribution in [-0.4, -0.2) is 46.5 Å². The van der Waals surface area contributed by atoms with Gasteiger partial charge >= 0.3 is 12.0 Å². The largest absolute Gasteiger partial charge is 0.466 e. The lowest BCUT2D eigenvalue weighted by Crippen LogP contribution is -2.29. The monoisotopic (exact) mass is 604 g/mol. The number of thiazole rings is 1. The van der Waals surface area contributed by atoms with Gasteiger partial charge in [0.15, 0.2) is 5.13 Å². The second-order valence-electron chi connectivity index (χ2n) is 11.5. The maximum Gasteiger partial charge on any atom is 0.321 e. The molecule has 1 aliphatic carbocycles. The molecule has 1 aromatic carbocycles. The zero-order chi connectivity index (χ0) is 30.4. The van der Waals surface area contributed by atoms with Crippen LogP contribution in [0.2, 0.25) is 0 Å². The number of rotatable bonds is 8. The number of hydrogen-bond donors (Lipinski definition) is 2. The summed E-state index contributed by atoms with van der Waals surface area (Å²) in [6.07, 6.45) is 13.9. The molecular formula is C32H40N6O4S. The number of allylic oxidation sites excluding steroid dienone is 4. The zero-order valence-electron chi connectivity index (χ0n) is 25.4. The van der Waals surface area contributed by atoms with E-state index in [-0.39, 0.29) is 12.0 Å². The van der Waals surface area contributed by atoms with E-state index < -0.39 is 5.41 Å². The number of hydrogen-bond acceptors (Lipinski definition) is 9. The Morgan fingerprint density at radius 1 is 1.14 bits per heavy atom. The highest BCUT2D eigenvalue weighted by Crippen LogP contribution is 2.40. The van der Waals surface area contributed by atoms with Crippen molar-refractivity contribution in [3.63, 3.8) is 0 Å². The first-order valence-electron chi connectivity index (χ1n) is 15.2. The molecule has 0 saturated heterocycles. The number of carbonyl (C=O) groups is 2. The van der Waals surface area contributed by atoms with Gasteiger partial charge in [0.2, 0.25) is 11.7 Å². The predicted octanol–water partition coefficient (Wildman–Crippen LogP) is 7.47. The molecule has 2 aliphatic rings. The fraction of sp³-hybridized carbons (Fsp3) is 0.500. The summed E-state index contributed by atoms with van der Waals surface area (Å²) < 4.78 is 11.5. The number of esters is 1. The molecule has 2 atom stereocenters. The van der Waals surface area contributed by atoms with Crippen molar-refractivity contribution in [1.82, 2.24) is 20.4 Å². The molecule has 11 heteroatoms.